The molecule has 0 aliphatic carbocycles. The molecule has 103 heavy (non-hydrogen) atoms. The highest BCUT2D eigenvalue weighted by atomic mass is 15.2. The van der Waals surface area contributed by atoms with Gasteiger partial charge in [0.2, 0.25) is 0 Å². The molecule has 0 N–H and O–H groups in total. The van der Waals surface area contributed by atoms with E-state index in [9.17, 15) is 27.4 Å². The van der Waals surface area contributed by atoms with E-state index in [2.05, 4.69) is 86.6 Å². The van der Waals surface area contributed by atoms with E-state index in [1.807, 2.05) is 143 Å². The predicted molar refractivity (Wildman–Crippen MR) is 444 cm³/mol. The van der Waals surface area contributed by atoms with E-state index in [0.29, 0.717) is 78.3 Å². The van der Waals surface area contributed by atoms with Crippen molar-refractivity contribution in [2.24, 2.45) is 0 Å². The molecule has 0 saturated heterocycles. The number of benzene rings is 13. The molecule has 13 aromatic carbocycles. The number of aromatic nitrogens is 2. The number of hydrogen-bond acceptors (Lipinski definition) is 2. The topological polar surface area (TPSA) is 16.3 Å². The Bertz CT molecular complexity index is 6590. The highest BCUT2D eigenvalue weighted by Gasteiger charge is 2.47. The number of anilines is 6. The standard InChI is InChI=1S/C98H91BN4/c1-94(2,3)66-44-50-85-79(52-66)73-40-28-30-42-83(73)100(85)71-46-48-81-87(60-71)102(92-75(62-32-20-16-21-33-62)54-68(96(7,8)9)55-76(92)63-34-22-17-23-35-63)89-58-70(98(13,14)15)59-90-91(89)99(81)82-49-47-72(101-84-43-31-29-41-74(84)80-53-67(95(4,5)6)45-51-86(80)101)61-88(82)103(90)93-77(64-36-24-18-25-37-64)56-69(97(10,11)12)57-78(93)65-38-26-19-27-39-65/h16-61H,1-15H3/i28D,29D,30D,31D,40D,41D,42D,43D,44D,45D,46D,47D,48D,49D,50D,51D,52D,53D,60D,61D. The van der Waals surface area contributed by atoms with Gasteiger partial charge in [0.15, 0.2) is 0 Å². The summed E-state index contributed by atoms with van der Waals surface area (Å²) in [6.45, 7) is 28.0. The third kappa shape index (κ3) is 10.9. The Balaban J connectivity index is 1.18. The molecule has 15 aromatic rings. The van der Waals surface area contributed by atoms with Gasteiger partial charge >= 0.3 is 0 Å². The maximum atomic E-state index is 11.9. The summed E-state index contributed by atoms with van der Waals surface area (Å²) < 4.78 is 210. The molecule has 0 amide bonds. The Kier molecular flexibility index (Phi) is 10.8. The lowest BCUT2D eigenvalue weighted by molar-refractivity contribution is 0.590. The Morgan fingerprint density at radius 3 is 0.903 bits per heavy atom. The van der Waals surface area contributed by atoms with E-state index in [0.717, 1.165) is 11.1 Å². The van der Waals surface area contributed by atoms with Crippen LogP contribution >= 0.6 is 0 Å². The van der Waals surface area contributed by atoms with Crippen LogP contribution in [0.25, 0.3) is 99.5 Å². The lowest BCUT2D eigenvalue weighted by Gasteiger charge is -2.47. The van der Waals surface area contributed by atoms with Gasteiger partial charge in [0.05, 0.1) is 60.9 Å². The number of rotatable bonds is 8. The molecule has 0 saturated carbocycles. The number of hydrogen-bond donors (Lipinski definition) is 0. The van der Waals surface area contributed by atoms with Crippen molar-refractivity contribution in [3.63, 3.8) is 0 Å². The average molecular weight is 1360 g/mol. The van der Waals surface area contributed by atoms with Crippen LogP contribution in [-0.4, -0.2) is 15.8 Å². The summed E-state index contributed by atoms with van der Waals surface area (Å²) in [4.78, 5) is 3.89. The Morgan fingerprint density at radius 1 is 0.282 bits per heavy atom. The number of para-hydroxylation sites is 2. The van der Waals surface area contributed by atoms with Crippen LogP contribution in [0.1, 0.15) is 159 Å². The van der Waals surface area contributed by atoms with Crippen molar-refractivity contribution in [2.45, 2.75) is 131 Å². The molecule has 17 rings (SSSR count). The zero-order valence-corrected chi connectivity index (χ0v) is 60.9. The van der Waals surface area contributed by atoms with E-state index in [1.165, 1.54) is 9.13 Å². The minimum atomic E-state index is -1.60. The van der Waals surface area contributed by atoms with Gasteiger partial charge in [0, 0.05) is 77.9 Å². The van der Waals surface area contributed by atoms with Crippen molar-refractivity contribution >= 4 is 101 Å². The summed E-state index contributed by atoms with van der Waals surface area (Å²) in [6.07, 6.45) is 0. The predicted octanol–water partition coefficient (Wildman–Crippen LogP) is 25.1. The molecule has 2 aliphatic heterocycles. The van der Waals surface area contributed by atoms with Gasteiger partial charge < -0.3 is 18.9 Å². The molecule has 0 unspecified atom stereocenters. The Morgan fingerprint density at radius 2 is 0.583 bits per heavy atom. The van der Waals surface area contributed by atoms with Crippen molar-refractivity contribution in [3.8, 4) is 55.9 Å². The molecular weight excluding hydrogens is 1240 g/mol. The maximum Gasteiger partial charge on any atom is 0.252 e. The summed E-state index contributed by atoms with van der Waals surface area (Å²) in [5, 5.41) is -0.721. The summed E-state index contributed by atoms with van der Waals surface area (Å²) >= 11 is 0. The van der Waals surface area contributed by atoms with Crippen molar-refractivity contribution in [1.29, 1.82) is 0 Å². The van der Waals surface area contributed by atoms with Crippen LogP contribution in [0.5, 0.6) is 0 Å². The van der Waals surface area contributed by atoms with Gasteiger partial charge in [-0.05, 0) is 190 Å². The summed E-state index contributed by atoms with van der Waals surface area (Å²) in [6, 6.07) is 40.1. The zero-order valence-electron chi connectivity index (χ0n) is 80.9. The smallest absolute Gasteiger partial charge is 0.252 e. The summed E-state index contributed by atoms with van der Waals surface area (Å²) in [5.41, 5.74) is 3.51. The maximum absolute atomic E-state index is 11.9. The van der Waals surface area contributed by atoms with Gasteiger partial charge in [0.1, 0.15) is 0 Å². The summed E-state index contributed by atoms with van der Waals surface area (Å²) in [5.74, 6) is 0. The molecule has 5 heteroatoms. The molecule has 0 bridgehead atoms. The van der Waals surface area contributed by atoms with Gasteiger partial charge in [-0.1, -0.05) is 286 Å². The molecule has 0 radical (unpaired) electrons. The second-order valence-electron chi connectivity index (χ2n) is 32.6. The van der Waals surface area contributed by atoms with Crippen LogP contribution in [0.3, 0.4) is 0 Å². The van der Waals surface area contributed by atoms with Crippen LogP contribution in [0.4, 0.5) is 34.1 Å². The lowest BCUT2D eigenvalue weighted by Crippen LogP contribution is -2.61. The first-order valence-electron chi connectivity index (χ1n) is 45.4. The second-order valence-corrected chi connectivity index (χ2v) is 32.6. The fraction of sp³-hybridized carbons (Fsp3) is 0.204. The van der Waals surface area contributed by atoms with Crippen LogP contribution in [0, 0.1) is 0 Å². The van der Waals surface area contributed by atoms with Gasteiger partial charge in [-0.25, -0.2) is 0 Å². The first kappa shape index (κ1) is 46.6. The van der Waals surface area contributed by atoms with E-state index in [-0.39, 0.29) is 89.1 Å². The number of fused-ring (bicyclic) bond motifs is 10. The van der Waals surface area contributed by atoms with Crippen molar-refractivity contribution < 1.29 is 27.4 Å². The highest BCUT2D eigenvalue weighted by molar-refractivity contribution is 7.00. The molecule has 0 spiro atoms. The monoisotopic (exact) mass is 1350 g/mol. The Labute approximate surface area is 637 Å². The van der Waals surface area contributed by atoms with E-state index in [1.54, 1.807) is 41.5 Å². The minimum absolute atomic E-state index is 0.0995. The minimum Gasteiger partial charge on any atom is -0.310 e. The molecule has 506 valence electrons. The SMILES string of the molecule is [2H]c1c([2H])c(-n2c3c([2H])c([2H])c([2H])c([2H])c3c3c([2H])c(C(C)(C)C)c([2H])c([2H])c32)c([2H])c2c1B1c3c(cc(C(C)(C)C)cc3N(c3c(-c4ccccc4)cc(C(C)(C)C)cc3-c3ccccc3)c3c([2H])c(-n4c5c([2H])c([2H])c([2H])c([2H])c5c5c([2H])c(C(C)(C)C)c([2H])c([2H])c54)c([2H])c([2H])c31)N2c1c(-c2ccccc2)cc(C(C)(C)C)cc1-c1ccccc1. The fourth-order valence-corrected chi connectivity index (χ4v) is 14.8. The van der Waals surface area contributed by atoms with Crippen molar-refractivity contribution in [3.05, 3.63) is 306 Å². The quantitative estimate of drug-likeness (QED) is 0.141. The summed E-state index contributed by atoms with van der Waals surface area (Å²) in [7, 11) is 0. The molecule has 0 fully saturated rings. The van der Waals surface area contributed by atoms with Crippen LogP contribution < -0.4 is 26.2 Å². The molecule has 2 aliphatic rings. The first-order chi connectivity index (χ1) is 57.7. The van der Waals surface area contributed by atoms with Gasteiger partial charge in [-0.3, -0.25) is 0 Å². The van der Waals surface area contributed by atoms with E-state index >= 15 is 0 Å². The molecule has 4 heterocycles. The number of nitrogens with zero attached hydrogens (tertiary/aromatic N) is 4. The third-order valence-corrected chi connectivity index (χ3v) is 20.4. The molecular formula is C98H91BN4. The van der Waals surface area contributed by atoms with Crippen molar-refractivity contribution in [1.82, 2.24) is 9.13 Å². The van der Waals surface area contributed by atoms with Crippen molar-refractivity contribution in [2.75, 3.05) is 9.80 Å². The van der Waals surface area contributed by atoms with E-state index in [4.69, 9.17) is 0 Å². The van der Waals surface area contributed by atoms with Crippen LogP contribution in [-0.2, 0) is 27.1 Å². The average Bonchev–Trinajstić information content (AvgIpc) is 1.60. The third-order valence-electron chi connectivity index (χ3n) is 20.4. The highest BCUT2D eigenvalue weighted by Crippen LogP contribution is 2.56. The fourth-order valence-electron chi connectivity index (χ4n) is 14.8. The van der Waals surface area contributed by atoms with Crippen LogP contribution in [0.2, 0.25) is 0 Å². The van der Waals surface area contributed by atoms with E-state index < -0.39 is 154 Å². The molecule has 0 atom stereocenters. The second kappa shape index (κ2) is 23.9. The van der Waals surface area contributed by atoms with Crippen LogP contribution in [0.15, 0.2) is 279 Å². The van der Waals surface area contributed by atoms with Gasteiger partial charge in [-0.15, -0.1) is 0 Å². The largest absolute Gasteiger partial charge is 0.310 e. The zero-order chi connectivity index (χ0) is 88.8. The van der Waals surface area contributed by atoms with Gasteiger partial charge in [-0.2, -0.15) is 0 Å². The molecule has 2 aromatic heterocycles. The van der Waals surface area contributed by atoms with Gasteiger partial charge in [0.25, 0.3) is 6.71 Å². The lowest BCUT2D eigenvalue weighted by atomic mass is 9.33. The normalized spacial score (nSPS) is 16.0. The molecule has 4 nitrogen and oxygen atoms in total. The Hall–Kier alpha value is -10.9. The first-order valence-corrected chi connectivity index (χ1v) is 35.4.